The smallest absolute Gasteiger partial charge is 0.328 e. The number of ether oxygens (including phenoxy) is 1. The zero-order chi connectivity index (χ0) is 20.7. The second kappa shape index (κ2) is 9.88. The minimum absolute atomic E-state index is 0.206. The lowest BCUT2D eigenvalue weighted by atomic mass is 9.98. The molecule has 0 saturated heterocycles. The predicted molar refractivity (Wildman–Crippen MR) is 109 cm³/mol. The number of amides is 2. The van der Waals surface area contributed by atoms with Crippen LogP contribution in [0.3, 0.4) is 0 Å². The van der Waals surface area contributed by atoms with Gasteiger partial charge in [-0.05, 0) is 28.7 Å². The molecule has 0 saturated carbocycles. The minimum Gasteiger partial charge on any atom is -0.467 e. The fourth-order valence-corrected chi connectivity index (χ4v) is 3.25. The highest BCUT2D eigenvalue weighted by atomic mass is 16.5. The van der Waals surface area contributed by atoms with Crippen LogP contribution in [0, 0.1) is 5.92 Å². The minimum atomic E-state index is -0.841. The van der Waals surface area contributed by atoms with Gasteiger partial charge in [0.15, 0.2) is 0 Å². The van der Waals surface area contributed by atoms with Crippen LogP contribution in [0.2, 0.25) is 0 Å². The number of benzene rings is 2. The molecule has 0 aromatic heterocycles. The standard InChI is InChI=1S/C22H28N2O4/c1-14(2)12-19(23-15(3)25)21(26)24-20(22(27)28-4)13-17-10-7-9-16-8-5-6-11-18(16)17/h5-11,14,19-20H,12-13H2,1-4H3,(H,23,25)(H,24,26)/t19-,20+/m0/s1. The predicted octanol–water partition coefficient (Wildman–Crippen LogP) is 2.59. The summed E-state index contributed by atoms with van der Waals surface area (Å²) in [6.07, 6.45) is 0.780. The first-order chi connectivity index (χ1) is 13.3. The number of fused-ring (bicyclic) bond motifs is 1. The molecule has 0 unspecified atom stereocenters. The summed E-state index contributed by atoms with van der Waals surface area (Å²) in [4.78, 5) is 36.6. The summed E-state index contributed by atoms with van der Waals surface area (Å²) in [6, 6.07) is 12.2. The monoisotopic (exact) mass is 384 g/mol. The van der Waals surface area contributed by atoms with Crippen molar-refractivity contribution in [1.29, 1.82) is 0 Å². The number of carbonyl (C=O) groups is 3. The lowest BCUT2D eigenvalue weighted by molar-refractivity contribution is -0.145. The first-order valence-corrected chi connectivity index (χ1v) is 9.43. The van der Waals surface area contributed by atoms with E-state index in [4.69, 9.17) is 4.74 Å². The molecule has 2 aromatic rings. The van der Waals surface area contributed by atoms with Crippen molar-refractivity contribution in [2.75, 3.05) is 7.11 Å². The normalized spacial score (nSPS) is 13.0. The molecule has 0 spiro atoms. The van der Waals surface area contributed by atoms with Gasteiger partial charge in [0.2, 0.25) is 11.8 Å². The highest BCUT2D eigenvalue weighted by molar-refractivity contribution is 5.91. The molecule has 0 aliphatic carbocycles. The molecule has 0 aliphatic heterocycles. The largest absolute Gasteiger partial charge is 0.467 e. The van der Waals surface area contributed by atoms with Gasteiger partial charge in [-0.2, -0.15) is 0 Å². The van der Waals surface area contributed by atoms with Crippen molar-refractivity contribution in [3.8, 4) is 0 Å². The maximum Gasteiger partial charge on any atom is 0.328 e. The van der Waals surface area contributed by atoms with Gasteiger partial charge in [0, 0.05) is 13.3 Å². The summed E-state index contributed by atoms with van der Waals surface area (Å²) in [6.45, 7) is 5.31. The molecule has 2 N–H and O–H groups in total. The third-order valence-corrected chi connectivity index (χ3v) is 4.51. The van der Waals surface area contributed by atoms with Gasteiger partial charge in [0.05, 0.1) is 7.11 Å². The lowest BCUT2D eigenvalue weighted by Gasteiger charge is -2.23. The quantitative estimate of drug-likeness (QED) is 0.685. The summed E-state index contributed by atoms with van der Waals surface area (Å²) >= 11 is 0. The Morgan fingerprint density at radius 3 is 2.29 bits per heavy atom. The molecule has 0 heterocycles. The Morgan fingerprint density at radius 1 is 0.964 bits per heavy atom. The highest BCUT2D eigenvalue weighted by Crippen LogP contribution is 2.20. The van der Waals surface area contributed by atoms with Gasteiger partial charge in [-0.15, -0.1) is 0 Å². The number of rotatable bonds is 8. The number of hydrogen-bond donors (Lipinski definition) is 2. The SMILES string of the molecule is COC(=O)[C@@H](Cc1cccc2ccccc12)NC(=O)[C@H](CC(C)C)NC(C)=O. The van der Waals surface area contributed by atoms with Crippen molar-refractivity contribution in [2.24, 2.45) is 5.92 Å². The van der Waals surface area contributed by atoms with Crippen molar-refractivity contribution >= 4 is 28.6 Å². The molecule has 0 bridgehead atoms. The maximum absolute atomic E-state index is 12.8. The summed E-state index contributed by atoms with van der Waals surface area (Å²) < 4.78 is 4.90. The lowest BCUT2D eigenvalue weighted by Crippen LogP contribution is -2.52. The van der Waals surface area contributed by atoms with Gasteiger partial charge in [-0.1, -0.05) is 56.3 Å². The fourth-order valence-electron chi connectivity index (χ4n) is 3.25. The van der Waals surface area contributed by atoms with Crippen LogP contribution in [0.5, 0.6) is 0 Å². The Hall–Kier alpha value is -2.89. The van der Waals surface area contributed by atoms with E-state index in [1.54, 1.807) is 0 Å². The van der Waals surface area contributed by atoms with E-state index in [-0.39, 0.29) is 17.7 Å². The Morgan fingerprint density at radius 2 is 1.64 bits per heavy atom. The topological polar surface area (TPSA) is 84.5 Å². The second-order valence-corrected chi connectivity index (χ2v) is 7.31. The number of nitrogens with one attached hydrogen (secondary N) is 2. The molecule has 2 rings (SSSR count). The average molecular weight is 384 g/mol. The van der Waals surface area contributed by atoms with Crippen LogP contribution in [-0.2, 0) is 25.5 Å². The summed E-state index contributed by atoms with van der Waals surface area (Å²) in [5.41, 5.74) is 0.939. The molecule has 2 aromatic carbocycles. The zero-order valence-electron chi connectivity index (χ0n) is 16.8. The molecule has 2 amide bonds. The van der Waals surface area contributed by atoms with Crippen LogP contribution in [-0.4, -0.2) is 37.0 Å². The van der Waals surface area contributed by atoms with E-state index in [9.17, 15) is 14.4 Å². The Kier molecular flexibility index (Phi) is 7.55. The fraction of sp³-hybridized carbons (Fsp3) is 0.409. The van der Waals surface area contributed by atoms with Crippen molar-refractivity contribution in [3.63, 3.8) is 0 Å². The highest BCUT2D eigenvalue weighted by Gasteiger charge is 2.27. The molecule has 28 heavy (non-hydrogen) atoms. The van der Waals surface area contributed by atoms with Crippen LogP contribution in [0.4, 0.5) is 0 Å². The van der Waals surface area contributed by atoms with Crippen molar-refractivity contribution < 1.29 is 19.1 Å². The van der Waals surface area contributed by atoms with Crippen LogP contribution in [0.1, 0.15) is 32.8 Å². The van der Waals surface area contributed by atoms with Crippen molar-refractivity contribution in [2.45, 2.75) is 45.7 Å². The van der Waals surface area contributed by atoms with Gasteiger partial charge >= 0.3 is 5.97 Å². The number of hydrogen-bond acceptors (Lipinski definition) is 4. The summed E-state index contributed by atoms with van der Waals surface area (Å²) in [7, 11) is 1.30. The summed E-state index contributed by atoms with van der Waals surface area (Å²) in [5, 5.41) is 7.51. The van der Waals surface area contributed by atoms with Gasteiger partial charge in [0.1, 0.15) is 12.1 Å². The van der Waals surface area contributed by atoms with Crippen LogP contribution in [0.15, 0.2) is 42.5 Å². The molecule has 6 heteroatoms. The third-order valence-electron chi connectivity index (χ3n) is 4.51. The van der Waals surface area contributed by atoms with E-state index in [0.29, 0.717) is 12.8 Å². The van der Waals surface area contributed by atoms with Crippen LogP contribution < -0.4 is 10.6 Å². The molecular formula is C22H28N2O4. The zero-order valence-corrected chi connectivity index (χ0v) is 16.8. The number of methoxy groups -OCH3 is 1. The molecule has 0 radical (unpaired) electrons. The Labute approximate surface area is 165 Å². The average Bonchev–Trinajstić information content (AvgIpc) is 2.65. The first kappa shape index (κ1) is 21.4. The molecule has 6 nitrogen and oxygen atoms in total. The third kappa shape index (κ3) is 5.81. The van der Waals surface area contributed by atoms with E-state index in [2.05, 4.69) is 10.6 Å². The van der Waals surface area contributed by atoms with Gasteiger partial charge in [-0.3, -0.25) is 9.59 Å². The molecule has 2 atom stereocenters. The van der Waals surface area contributed by atoms with Crippen molar-refractivity contribution in [3.05, 3.63) is 48.0 Å². The molecule has 0 fully saturated rings. The van der Waals surface area contributed by atoms with Gasteiger partial charge in [-0.25, -0.2) is 4.79 Å². The number of carbonyl (C=O) groups excluding carboxylic acids is 3. The Balaban J connectivity index is 2.24. The van der Waals surface area contributed by atoms with Gasteiger partial charge < -0.3 is 15.4 Å². The van der Waals surface area contributed by atoms with Gasteiger partial charge in [0.25, 0.3) is 0 Å². The van der Waals surface area contributed by atoms with E-state index < -0.39 is 18.1 Å². The van der Waals surface area contributed by atoms with E-state index in [1.807, 2.05) is 56.3 Å². The van der Waals surface area contributed by atoms with Crippen molar-refractivity contribution in [1.82, 2.24) is 10.6 Å². The molecule has 0 aliphatic rings. The maximum atomic E-state index is 12.8. The number of esters is 1. The molecular weight excluding hydrogens is 356 g/mol. The van der Waals surface area contributed by atoms with Crippen LogP contribution in [0.25, 0.3) is 10.8 Å². The van der Waals surface area contributed by atoms with E-state index in [1.165, 1.54) is 14.0 Å². The molecule has 150 valence electrons. The second-order valence-electron chi connectivity index (χ2n) is 7.31. The Bertz CT molecular complexity index is 842. The van der Waals surface area contributed by atoms with E-state index in [0.717, 1.165) is 16.3 Å². The van der Waals surface area contributed by atoms with Crippen LogP contribution >= 0.6 is 0 Å². The first-order valence-electron chi connectivity index (χ1n) is 9.43. The van der Waals surface area contributed by atoms with E-state index >= 15 is 0 Å². The summed E-state index contributed by atoms with van der Waals surface area (Å²) in [5.74, 6) is -0.992.